The van der Waals surface area contributed by atoms with E-state index in [-0.39, 0.29) is 17.3 Å². The number of hydrogen-bond donors (Lipinski definition) is 2. The average Bonchev–Trinajstić information content (AvgIpc) is 2.71. The van der Waals surface area contributed by atoms with Crippen LogP contribution in [0, 0.1) is 10.1 Å². The molecule has 30 heavy (non-hydrogen) atoms. The third-order valence-electron chi connectivity index (χ3n) is 4.54. The van der Waals surface area contributed by atoms with E-state index in [0.717, 1.165) is 32.0 Å². The molecule has 0 bridgehead atoms. The number of anilines is 3. The second kappa shape index (κ2) is 9.67. The van der Waals surface area contributed by atoms with Crippen LogP contribution in [-0.2, 0) is 10.9 Å². The maximum atomic E-state index is 13.2. The van der Waals surface area contributed by atoms with Gasteiger partial charge in [-0.05, 0) is 25.1 Å². The van der Waals surface area contributed by atoms with Gasteiger partial charge in [0.15, 0.2) is 0 Å². The van der Waals surface area contributed by atoms with E-state index in [1.54, 1.807) is 0 Å². The molecule has 0 unspecified atom stereocenters. The van der Waals surface area contributed by atoms with Gasteiger partial charge in [-0.25, -0.2) is 9.97 Å². The van der Waals surface area contributed by atoms with Crippen LogP contribution in [-0.4, -0.2) is 59.2 Å². The van der Waals surface area contributed by atoms with Gasteiger partial charge in [0.05, 0.1) is 29.4 Å². The van der Waals surface area contributed by atoms with Crippen LogP contribution in [0.4, 0.5) is 36.2 Å². The van der Waals surface area contributed by atoms with Crippen LogP contribution in [0.1, 0.15) is 12.0 Å². The topological polar surface area (TPSA) is 105 Å². The lowest BCUT2D eigenvalue weighted by atomic mass is 10.1. The molecule has 3 rings (SSSR count). The third kappa shape index (κ3) is 5.54. The van der Waals surface area contributed by atoms with E-state index < -0.39 is 22.4 Å². The van der Waals surface area contributed by atoms with E-state index in [1.165, 1.54) is 18.2 Å². The minimum Gasteiger partial charge on any atom is -0.379 e. The van der Waals surface area contributed by atoms with Crippen LogP contribution in [0.25, 0.3) is 0 Å². The van der Waals surface area contributed by atoms with Gasteiger partial charge in [-0.3, -0.25) is 15.0 Å². The number of ether oxygens (including phenoxy) is 1. The molecule has 2 N–H and O–H groups in total. The first kappa shape index (κ1) is 21.7. The fourth-order valence-electron chi connectivity index (χ4n) is 3.07. The summed E-state index contributed by atoms with van der Waals surface area (Å²) >= 11 is 0. The fourth-order valence-corrected chi connectivity index (χ4v) is 3.07. The van der Waals surface area contributed by atoms with Gasteiger partial charge < -0.3 is 15.4 Å². The number of aromatic nitrogens is 2. The van der Waals surface area contributed by atoms with Crippen LogP contribution in [0.3, 0.4) is 0 Å². The van der Waals surface area contributed by atoms with E-state index in [4.69, 9.17) is 4.74 Å². The normalized spacial score (nSPS) is 15.0. The molecule has 1 saturated heterocycles. The first-order valence-electron chi connectivity index (χ1n) is 9.33. The van der Waals surface area contributed by atoms with Gasteiger partial charge in [0.25, 0.3) is 0 Å². The SMILES string of the molecule is O=[N+]([O-])c1c(NCCCN2CCOCC2)ncnc1Nc1ccccc1C(F)(F)F. The van der Waals surface area contributed by atoms with Gasteiger partial charge in [0, 0.05) is 19.6 Å². The highest BCUT2D eigenvalue weighted by atomic mass is 19.4. The maximum Gasteiger partial charge on any atom is 0.418 e. The standard InChI is InChI=1S/C18H21F3N6O3/c19-18(20,21)13-4-1-2-5-14(13)25-17-15(27(28)29)16(23-12-24-17)22-6-3-7-26-8-10-30-11-9-26/h1-2,4-5,12H,3,6-11H2,(H2,22,23,24,25). The van der Waals surface area contributed by atoms with Gasteiger partial charge in [0.1, 0.15) is 6.33 Å². The van der Waals surface area contributed by atoms with Crippen molar-refractivity contribution in [3.63, 3.8) is 0 Å². The van der Waals surface area contributed by atoms with E-state index >= 15 is 0 Å². The predicted octanol–water partition coefficient (Wildman–Crippen LogP) is 3.28. The molecule has 1 aliphatic rings. The Balaban J connectivity index is 1.73. The van der Waals surface area contributed by atoms with Crippen molar-refractivity contribution in [2.24, 2.45) is 0 Å². The first-order chi connectivity index (χ1) is 14.4. The molecule has 0 amide bonds. The number of benzene rings is 1. The van der Waals surface area contributed by atoms with Crippen molar-refractivity contribution < 1.29 is 22.8 Å². The van der Waals surface area contributed by atoms with E-state index in [1.807, 2.05) is 0 Å². The minimum atomic E-state index is -4.62. The monoisotopic (exact) mass is 426 g/mol. The molecule has 9 nitrogen and oxygen atoms in total. The lowest BCUT2D eigenvalue weighted by molar-refractivity contribution is -0.383. The zero-order chi connectivity index (χ0) is 21.6. The van der Waals surface area contributed by atoms with Gasteiger partial charge in [-0.1, -0.05) is 12.1 Å². The number of nitrogens with one attached hydrogen (secondary N) is 2. The Morgan fingerprint density at radius 2 is 1.87 bits per heavy atom. The molecule has 2 heterocycles. The Labute approximate surface area is 170 Å². The number of para-hydroxylation sites is 1. The Bertz CT molecular complexity index is 874. The first-order valence-corrected chi connectivity index (χ1v) is 9.33. The second-order valence-corrected chi connectivity index (χ2v) is 6.58. The number of alkyl halides is 3. The van der Waals surface area contributed by atoms with Gasteiger partial charge in [0.2, 0.25) is 11.6 Å². The van der Waals surface area contributed by atoms with E-state index in [0.29, 0.717) is 26.2 Å². The highest BCUT2D eigenvalue weighted by Crippen LogP contribution is 2.38. The summed E-state index contributed by atoms with van der Waals surface area (Å²) < 4.78 is 44.9. The second-order valence-electron chi connectivity index (χ2n) is 6.58. The van der Waals surface area contributed by atoms with Crippen molar-refractivity contribution in [3.8, 4) is 0 Å². The van der Waals surface area contributed by atoms with E-state index in [9.17, 15) is 23.3 Å². The van der Waals surface area contributed by atoms with Crippen molar-refractivity contribution >= 4 is 23.0 Å². The predicted molar refractivity (Wildman–Crippen MR) is 104 cm³/mol. The number of nitro groups is 1. The molecule has 12 heteroatoms. The van der Waals surface area contributed by atoms with Crippen molar-refractivity contribution in [1.29, 1.82) is 0 Å². The number of nitrogens with zero attached hydrogens (tertiary/aromatic N) is 4. The molecule has 1 aromatic carbocycles. The summed E-state index contributed by atoms with van der Waals surface area (Å²) in [5.74, 6) is -0.369. The van der Waals surface area contributed by atoms with Crippen molar-refractivity contribution in [2.45, 2.75) is 12.6 Å². The zero-order valence-electron chi connectivity index (χ0n) is 16.0. The highest BCUT2D eigenvalue weighted by Gasteiger charge is 2.34. The molecular formula is C18H21F3N6O3. The number of hydrogen-bond acceptors (Lipinski definition) is 8. The van der Waals surface area contributed by atoms with Gasteiger partial charge in [-0.2, -0.15) is 13.2 Å². The molecule has 0 radical (unpaired) electrons. The average molecular weight is 426 g/mol. The van der Waals surface area contributed by atoms with Crippen molar-refractivity contribution in [1.82, 2.24) is 14.9 Å². The summed E-state index contributed by atoms with van der Waals surface area (Å²) in [6.07, 6.45) is -2.84. The molecule has 1 fully saturated rings. The molecule has 2 aromatic rings. The van der Waals surface area contributed by atoms with Crippen LogP contribution in [0.2, 0.25) is 0 Å². The maximum absolute atomic E-state index is 13.2. The third-order valence-corrected chi connectivity index (χ3v) is 4.54. The summed E-state index contributed by atoms with van der Waals surface area (Å²) in [5.41, 5.74) is -1.79. The van der Waals surface area contributed by atoms with Crippen LogP contribution < -0.4 is 10.6 Å². The summed E-state index contributed by atoms with van der Waals surface area (Å²) in [4.78, 5) is 20.8. The smallest absolute Gasteiger partial charge is 0.379 e. The molecule has 0 aliphatic carbocycles. The van der Waals surface area contributed by atoms with Gasteiger partial charge in [-0.15, -0.1) is 0 Å². The Kier molecular flexibility index (Phi) is 7.00. The van der Waals surface area contributed by atoms with Gasteiger partial charge >= 0.3 is 11.9 Å². The lowest BCUT2D eigenvalue weighted by Crippen LogP contribution is -2.37. The van der Waals surface area contributed by atoms with Crippen LogP contribution >= 0.6 is 0 Å². The van der Waals surface area contributed by atoms with Crippen molar-refractivity contribution in [3.05, 3.63) is 46.3 Å². The molecule has 1 aromatic heterocycles. The summed E-state index contributed by atoms with van der Waals surface area (Å²) in [7, 11) is 0. The number of halogens is 3. The summed E-state index contributed by atoms with van der Waals surface area (Å²) in [6.45, 7) is 4.23. The Hall–Kier alpha value is -2.99. The quantitative estimate of drug-likeness (QED) is 0.376. The molecule has 162 valence electrons. The summed E-state index contributed by atoms with van der Waals surface area (Å²) in [6, 6.07) is 4.71. The molecule has 0 atom stereocenters. The minimum absolute atomic E-state index is 0.0519. The largest absolute Gasteiger partial charge is 0.418 e. The number of morpholine rings is 1. The zero-order valence-corrected chi connectivity index (χ0v) is 16.0. The van der Waals surface area contributed by atoms with E-state index in [2.05, 4.69) is 25.5 Å². The summed E-state index contributed by atoms with van der Waals surface area (Å²) in [5, 5.41) is 16.9. The van der Waals surface area contributed by atoms with Crippen LogP contribution in [0.5, 0.6) is 0 Å². The Morgan fingerprint density at radius 1 is 1.17 bits per heavy atom. The van der Waals surface area contributed by atoms with Crippen LogP contribution in [0.15, 0.2) is 30.6 Å². The Morgan fingerprint density at radius 3 is 2.57 bits per heavy atom. The molecule has 1 aliphatic heterocycles. The molecular weight excluding hydrogens is 405 g/mol. The highest BCUT2D eigenvalue weighted by molar-refractivity contribution is 5.74. The van der Waals surface area contributed by atoms with Crippen molar-refractivity contribution in [2.75, 3.05) is 50.0 Å². The molecule has 0 saturated carbocycles. The lowest BCUT2D eigenvalue weighted by Gasteiger charge is -2.26. The molecule has 0 spiro atoms. The fraction of sp³-hybridized carbons (Fsp3) is 0.444. The number of rotatable bonds is 8.